The van der Waals surface area contributed by atoms with Crippen molar-refractivity contribution in [2.45, 2.75) is 52.2 Å². The number of nitrogens with zero attached hydrogens (tertiary/aromatic N) is 1. The molecule has 2 N–H and O–H groups in total. The van der Waals surface area contributed by atoms with Crippen LogP contribution in [0.5, 0.6) is 11.5 Å². The molecule has 1 amide bonds. The highest BCUT2D eigenvalue weighted by Crippen LogP contribution is 2.29. The SMILES string of the molecule is COCCCOc1cc(C(=O)N(C[C@@H]2CNC[C@H]2NC(C)C)C(C)C)ccc1OC. The quantitative estimate of drug-likeness (QED) is 0.506. The Kier molecular flexibility index (Phi) is 9.88. The molecule has 30 heavy (non-hydrogen) atoms. The Morgan fingerprint density at radius 1 is 1.17 bits per heavy atom. The maximum absolute atomic E-state index is 13.4. The molecule has 0 aromatic heterocycles. The molecule has 0 aliphatic carbocycles. The van der Waals surface area contributed by atoms with E-state index < -0.39 is 0 Å². The highest BCUT2D eigenvalue weighted by molar-refractivity contribution is 5.95. The van der Waals surface area contributed by atoms with Gasteiger partial charge in [-0.05, 0) is 32.0 Å². The van der Waals surface area contributed by atoms with Crippen molar-refractivity contribution in [3.05, 3.63) is 23.8 Å². The molecule has 1 aromatic rings. The summed E-state index contributed by atoms with van der Waals surface area (Å²) in [5, 5.41) is 7.09. The predicted molar refractivity (Wildman–Crippen MR) is 120 cm³/mol. The van der Waals surface area contributed by atoms with Crippen LogP contribution in [0.4, 0.5) is 0 Å². The average molecular weight is 422 g/mol. The lowest BCUT2D eigenvalue weighted by atomic mass is 10.0. The number of amides is 1. The minimum Gasteiger partial charge on any atom is -0.493 e. The van der Waals surface area contributed by atoms with E-state index >= 15 is 0 Å². The van der Waals surface area contributed by atoms with Crippen molar-refractivity contribution in [2.75, 3.05) is 47.1 Å². The third-order valence-corrected chi connectivity index (χ3v) is 5.36. The third kappa shape index (κ3) is 6.86. The largest absolute Gasteiger partial charge is 0.493 e. The summed E-state index contributed by atoms with van der Waals surface area (Å²) < 4.78 is 16.3. The summed E-state index contributed by atoms with van der Waals surface area (Å²) in [5.41, 5.74) is 0.616. The molecule has 170 valence electrons. The zero-order chi connectivity index (χ0) is 22.1. The number of carbonyl (C=O) groups is 1. The van der Waals surface area contributed by atoms with E-state index in [4.69, 9.17) is 14.2 Å². The van der Waals surface area contributed by atoms with E-state index in [-0.39, 0.29) is 11.9 Å². The summed E-state index contributed by atoms with van der Waals surface area (Å²) in [6.45, 7) is 12.1. The topological polar surface area (TPSA) is 72.1 Å². The van der Waals surface area contributed by atoms with Gasteiger partial charge >= 0.3 is 0 Å². The number of hydrogen-bond acceptors (Lipinski definition) is 6. The lowest BCUT2D eigenvalue weighted by molar-refractivity contribution is 0.0667. The maximum Gasteiger partial charge on any atom is 0.254 e. The van der Waals surface area contributed by atoms with Gasteiger partial charge in [-0.3, -0.25) is 4.79 Å². The summed E-state index contributed by atoms with van der Waals surface area (Å²) in [6, 6.07) is 6.30. The zero-order valence-corrected chi connectivity index (χ0v) is 19.4. The molecule has 1 aliphatic heterocycles. The number of carbonyl (C=O) groups excluding carboxylic acids is 1. The molecule has 2 rings (SSSR count). The van der Waals surface area contributed by atoms with E-state index in [1.807, 2.05) is 11.0 Å². The van der Waals surface area contributed by atoms with E-state index in [1.165, 1.54) is 0 Å². The summed E-state index contributed by atoms with van der Waals surface area (Å²) in [7, 11) is 3.27. The Labute approximate surface area is 181 Å². The van der Waals surface area contributed by atoms with Gasteiger partial charge in [-0.1, -0.05) is 13.8 Å². The minimum atomic E-state index is 0.0181. The van der Waals surface area contributed by atoms with Crippen LogP contribution in [0, 0.1) is 5.92 Å². The van der Waals surface area contributed by atoms with Crippen LogP contribution in [-0.2, 0) is 4.74 Å². The van der Waals surface area contributed by atoms with Gasteiger partial charge in [0.2, 0.25) is 0 Å². The molecule has 1 aromatic carbocycles. The first kappa shape index (κ1) is 24.4. The Hall–Kier alpha value is -1.83. The molecule has 1 heterocycles. The molecule has 2 atom stereocenters. The Morgan fingerprint density at radius 2 is 1.93 bits per heavy atom. The summed E-state index contributed by atoms with van der Waals surface area (Å²) in [6.07, 6.45) is 0.773. The molecule has 0 bridgehead atoms. The standard InChI is InChI=1S/C23H39N3O4/c1-16(2)25-20-14-24-13-19(20)15-26(17(3)4)23(27)18-8-9-21(29-6)22(12-18)30-11-7-10-28-5/h8-9,12,16-17,19-20,24-25H,7,10-11,13-15H2,1-6H3/t19-,20+/m0/s1. The number of benzene rings is 1. The fourth-order valence-electron chi connectivity index (χ4n) is 3.80. The first-order valence-electron chi connectivity index (χ1n) is 10.9. The van der Waals surface area contributed by atoms with Crippen LogP contribution >= 0.6 is 0 Å². The van der Waals surface area contributed by atoms with Gasteiger partial charge in [0.05, 0.1) is 13.7 Å². The number of rotatable bonds is 12. The van der Waals surface area contributed by atoms with Crippen molar-refractivity contribution in [2.24, 2.45) is 5.92 Å². The average Bonchev–Trinajstić information content (AvgIpc) is 3.14. The van der Waals surface area contributed by atoms with Gasteiger partial charge in [0.1, 0.15) is 0 Å². The maximum atomic E-state index is 13.4. The van der Waals surface area contributed by atoms with E-state index in [9.17, 15) is 4.79 Å². The molecule has 7 heteroatoms. The van der Waals surface area contributed by atoms with Crippen LogP contribution in [0.15, 0.2) is 18.2 Å². The molecule has 0 spiro atoms. The van der Waals surface area contributed by atoms with Crippen molar-refractivity contribution < 1.29 is 19.0 Å². The van der Waals surface area contributed by atoms with Crippen LogP contribution in [0.1, 0.15) is 44.5 Å². The van der Waals surface area contributed by atoms with Crippen LogP contribution in [-0.4, -0.2) is 76.0 Å². The van der Waals surface area contributed by atoms with E-state index in [1.54, 1.807) is 26.4 Å². The van der Waals surface area contributed by atoms with E-state index in [0.29, 0.717) is 54.8 Å². The number of ether oxygens (including phenoxy) is 3. The van der Waals surface area contributed by atoms with Crippen LogP contribution in [0.2, 0.25) is 0 Å². The zero-order valence-electron chi connectivity index (χ0n) is 19.4. The third-order valence-electron chi connectivity index (χ3n) is 5.36. The lowest BCUT2D eigenvalue weighted by Gasteiger charge is -2.32. The first-order chi connectivity index (χ1) is 14.4. The Morgan fingerprint density at radius 3 is 2.57 bits per heavy atom. The van der Waals surface area contributed by atoms with E-state index in [2.05, 4.69) is 38.3 Å². The molecule has 0 saturated carbocycles. The highest BCUT2D eigenvalue weighted by atomic mass is 16.5. The highest BCUT2D eigenvalue weighted by Gasteiger charge is 2.31. The lowest BCUT2D eigenvalue weighted by Crippen LogP contribution is -2.47. The van der Waals surface area contributed by atoms with E-state index in [0.717, 1.165) is 19.5 Å². The second kappa shape index (κ2) is 12.1. The molecule has 1 aliphatic rings. The normalized spacial score (nSPS) is 18.8. The molecule has 1 fully saturated rings. The van der Waals surface area contributed by atoms with Crippen molar-refractivity contribution in [1.29, 1.82) is 0 Å². The monoisotopic (exact) mass is 421 g/mol. The van der Waals surface area contributed by atoms with Gasteiger partial charge in [-0.2, -0.15) is 0 Å². The van der Waals surface area contributed by atoms with Crippen molar-refractivity contribution in [3.63, 3.8) is 0 Å². The molecule has 7 nitrogen and oxygen atoms in total. The molecule has 1 saturated heterocycles. The number of nitrogens with one attached hydrogen (secondary N) is 2. The minimum absolute atomic E-state index is 0.0181. The van der Waals surface area contributed by atoms with Crippen LogP contribution in [0.3, 0.4) is 0 Å². The van der Waals surface area contributed by atoms with Crippen molar-refractivity contribution in [3.8, 4) is 11.5 Å². The van der Waals surface area contributed by atoms with Crippen LogP contribution < -0.4 is 20.1 Å². The Bertz CT molecular complexity index is 666. The van der Waals surface area contributed by atoms with Crippen molar-refractivity contribution >= 4 is 5.91 Å². The fourth-order valence-corrected chi connectivity index (χ4v) is 3.80. The molecular formula is C23H39N3O4. The fraction of sp³-hybridized carbons (Fsp3) is 0.696. The second-order valence-electron chi connectivity index (χ2n) is 8.46. The van der Waals surface area contributed by atoms with Gasteiger partial charge in [0.25, 0.3) is 5.91 Å². The van der Waals surface area contributed by atoms with Gasteiger partial charge in [0.15, 0.2) is 11.5 Å². The summed E-state index contributed by atoms with van der Waals surface area (Å²) >= 11 is 0. The summed E-state index contributed by atoms with van der Waals surface area (Å²) in [4.78, 5) is 15.4. The first-order valence-corrected chi connectivity index (χ1v) is 10.9. The number of hydrogen-bond donors (Lipinski definition) is 2. The predicted octanol–water partition coefficient (Wildman–Crippen LogP) is 2.55. The Balaban J connectivity index is 2.14. The second-order valence-corrected chi connectivity index (χ2v) is 8.46. The summed E-state index contributed by atoms with van der Waals surface area (Å²) in [5.74, 6) is 1.61. The molecule has 0 radical (unpaired) electrons. The smallest absolute Gasteiger partial charge is 0.254 e. The van der Waals surface area contributed by atoms with Crippen molar-refractivity contribution in [1.82, 2.24) is 15.5 Å². The molecule has 0 unspecified atom stereocenters. The molecular weight excluding hydrogens is 382 g/mol. The van der Waals surface area contributed by atoms with Crippen LogP contribution in [0.25, 0.3) is 0 Å². The van der Waals surface area contributed by atoms with Gasteiger partial charge in [-0.15, -0.1) is 0 Å². The van der Waals surface area contributed by atoms with Gasteiger partial charge < -0.3 is 29.7 Å². The number of methoxy groups -OCH3 is 2. The van der Waals surface area contributed by atoms with Gasteiger partial charge in [-0.25, -0.2) is 0 Å². The van der Waals surface area contributed by atoms with Gasteiger partial charge in [0, 0.05) is 69.4 Å².